The van der Waals surface area contributed by atoms with Gasteiger partial charge >= 0.3 is 0 Å². The molecule has 0 spiro atoms. The van der Waals surface area contributed by atoms with Gasteiger partial charge in [0.25, 0.3) is 0 Å². The van der Waals surface area contributed by atoms with Crippen molar-refractivity contribution in [3.63, 3.8) is 0 Å². The normalized spacial score (nSPS) is 17.7. The fraction of sp³-hybridized carbons (Fsp3) is 0.435. The fourth-order valence-electron chi connectivity index (χ4n) is 4.23. The molecule has 0 aliphatic carbocycles. The Labute approximate surface area is 156 Å². The Balaban J connectivity index is 1.23. The number of likely N-dealkylation sites (tertiary alicyclic amines) is 1. The Bertz CT molecular complexity index is 748. The molecule has 2 heterocycles. The van der Waals surface area contributed by atoms with Crippen LogP contribution in [0.1, 0.15) is 47.2 Å². The van der Waals surface area contributed by atoms with Gasteiger partial charge in [0.1, 0.15) is 0 Å². The van der Waals surface area contributed by atoms with Crippen LogP contribution in [0.15, 0.2) is 48.5 Å². The van der Waals surface area contributed by atoms with Crippen LogP contribution in [0.5, 0.6) is 0 Å². The first-order chi connectivity index (χ1) is 12.8. The smallest absolute Gasteiger partial charge is 0.162 e. The summed E-state index contributed by atoms with van der Waals surface area (Å²) in [6, 6.07) is 16.9. The molecule has 0 aromatic heterocycles. The Morgan fingerprint density at radius 3 is 2.69 bits per heavy atom. The molecule has 0 bridgehead atoms. The van der Waals surface area contributed by atoms with Crippen LogP contribution in [0, 0.1) is 5.92 Å². The average Bonchev–Trinajstić information content (AvgIpc) is 3.16. The summed E-state index contributed by atoms with van der Waals surface area (Å²) in [5, 5.41) is 3.36. The number of piperidine rings is 1. The number of fused-ring (bicyclic) bond motifs is 1. The third kappa shape index (κ3) is 4.16. The van der Waals surface area contributed by atoms with Crippen molar-refractivity contribution in [1.82, 2.24) is 4.90 Å². The number of Topliss-reactive ketones (excluding diaryl/α,β-unsaturated/α-hetero) is 1. The summed E-state index contributed by atoms with van der Waals surface area (Å²) in [4.78, 5) is 15.1. The fourth-order valence-corrected chi connectivity index (χ4v) is 4.23. The van der Waals surface area contributed by atoms with E-state index in [2.05, 4.69) is 52.7 Å². The summed E-state index contributed by atoms with van der Waals surface area (Å²) in [5.41, 5.74) is 4.79. The first kappa shape index (κ1) is 17.3. The van der Waals surface area contributed by atoms with Crippen LogP contribution in [0.25, 0.3) is 0 Å². The molecule has 26 heavy (non-hydrogen) atoms. The van der Waals surface area contributed by atoms with E-state index in [0.717, 1.165) is 44.6 Å². The van der Waals surface area contributed by atoms with Gasteiger partial charge in [-0.05, 0) is 74.0 Å². The van der Waals surface area contributed by atoms with Crippen molar-refractivity contribution in [1.29, 1.82) is 0 Å². The van der Waals surface area contributed by atoms with Gasteiger partial charge in [0.05, 0.1) is 0 Å². The zero-order valence-electron chi connectivity index (χ0n) is 15.4. The number of carbonyl (C=O) groups is 1. The lowest BCUT2D eigenvalue weighted by Gasteiger charge is -2.32. The minimum absolute atomic E-state index is 0.311. The quantitative estimate of drug-likeness (QED) is 0.779. The van der Waals surface area contributed by atoms with Crippen molar-refractivity contribution in [2.24, 2.45) is 5.92 Å². The second-order valence-corrected chi connectivity index (χ2v) is 7.72. The number of hydrogen-bond donors (Lipinski definition) is 1. The standard InChI is InChI=1S/C23H28N2O/c26-23(21-7-8-22-20(16-21)10-13-24-22)9-6-18-11-14-25(15-12-18)17-19-4-2-1-3-5-19/h1-5,7-8,16,18,24H,6,9-15,17H2. The number of hydrogen-bond acceptors (Lipinski definition) is 3. The van der Waals surface area contributed by atoms with Gasteiger partial charge in [-0.1, -0.05) is 30.3 Å². The van der Waals surface area contributed by atoms with Crippen molar-refractivity contribution in [2.75, 3.05) is 25.0 Å². The molecule has 2 aromatic carbocycles. The molecule has 0 radical (unpaired) electrons. The second-order valence-electron chi connectivity index (χ2n) is 7.72. The van der Waals surface area contributed by atoms with Crippen molar-refractivity contribution < 1.29 is 4.79 Å². The van der Waals surface area contributed by atoms with Gasteiger partial charge in [0.2, 0.25) is 0 Å². The molecule has 0 unspecified atom stereocenters. The molecule has 1 saturated heterocycles. The molecule has 3 heteroatoms. The van der Waals surface area contributed by atoms with Crippen LogP contribution < -0.4 is 5.32 Å². The van der Waals surface area contributed by atoms with Crippen LogP contribution in [0.3, 0.4) is 0 Å². The van der Waals surface area contributed by atoms with Gasteiger partial charge in [0, 0.05) is 30.8 Å². The number of nitrogens with one attached hydrogen (secondary N) is 1. The zero-order chi connectivity index (χ0) is 17.8. The summed E-state index contributed by atoms with van der Waals surface area (Å²) in [7, 11) is 0. The van der Waals surface area contributed by atoms with Crippen LogP contribution in [-0.2, 0) is 13.0 Å². The second kappa shape index (κ2) is 8.05. The molecule has 3 nitrogen and oxygen atoms in total. The number of nitrogens with zero attached hydrogens (tertiary/aromatic N) is 1. The molecule has 2 aliphatic heterocycles. The monoisotopic (exact) mass is 348 g/mol. The Morgan fingerprint density at radius 1 is 1.08 bits per heavy atom. The lowest BCUT2D eigenvalue weighted by Crippen LogP contribution is -2.33. The van der Waals surface area contributed by atoms with Crippen LogP contribution in [0.4, 0.5) is 5.69 Å². The first-order valence-corrected chi connectivity index (χ1v) is 9.94. The number of rotatable bonds is 6. The van der Waals surface area contributed by atoms with Gasteiger partial charge in [-0.25, -0.2) is 0 Å². The summed E-state index contributed by atoms with van der Waals surface area (Å²) in [6.07, 6.45) is 5.20. The molecule has 2 aromatic rings. The topological polar surface area (TPSA) is 32.3 Å². The van der Waals surface area contributed by atoms with E-state index in [1.165, 1.54) is 29.7 Å². The van der Waals surface area contributed by atoms with E-state index < -0.39 is 0 Å². The van der Waals surface area contributed by atoms with E-state index in [-0.39, 0.29) is 0 Å². The van der Waals surface area contributed by atoms with Crippen LogP contribution in [-0.4, -0.2) is 30.3 Å². The van der Waals surface area contributed by atoms with Crippen molar-refractivity contribution in [3.8, 4) is 0 Å². The highest BCUT2D eigenvalue weighted by Crippen LogP contribution is 2.26. The van der Waals surface area contributed by atoms with E-state index in [1.807, 2.05) is 6.07 Å². The highest BCUT2D eigenvalue weighted by molar-refractivity contribution is 5.96. The average molecular weight is 348 g/mol. The maximum absolute atomic E-state index is 12.6. The lowest BCUT2D eigenvalue weighted by molar-refractivity contribution is 0.0961. The van der Waals surface area contributed by atoms with Gasteiger partial charge in [-0.3, -0.25) is 9.69 Å². The minimum Gasteiger partial charge on any atom is -0.384 e. The van der Waals surface area contributed by atoms with Gasteiger partial charge < -0.3 is 5.32 Å². The Kier molecular flexibility index (Phi) is 5.35. The van der Waals surface area contributed by atoms with E-state index >= 15 is 0 Å². The molecule has 0 amide bonds. The van der Waals surface area contributed by atoms with E-state index in [9.17, 15) is 4.79 Å². The molecule has 2 aliphatic rings. The maximum atomic E-state index is 12.6. The largest absolute Gasteiger partial charge is 0.384 e. The predicted octanol–water partition coefficient (Wildman–Crippen LogP) is 4.53. The summed E-state index contributed by atoms with van der Waals surface area (Å²) in [5.74, 6) is 1.01. The first-order valence-electron chi connectivity index (χ1n) is 9.94. The predicted molar refractivity (Wildman–Crippen MR) is 107 cm³/mol. The summed E-state index contributed by atoms with van der Waals surface area (Å²) >= 11 is 0. The maximum Gasteiger partial charge on any atom is 0.162 e. The number of ketones is 1. The van der Waals surface area contributed by atoms with Crippen LogP contribution >= 0.6 is 0 Å². The van der Waals surface area contributed by atoms with E-state index in [0.29, 0.717) is 18.1 Å². The van der Waals surface area contributed by atoms with Gasteiger partial charge in [-0.2, -0.15) is 0 Å². The molecule has 1 N–H and O–H groups in total. The molecular weight excluding hydrogens is 320 g/mol. The molecular formula is C23H28N2O. The minimum atomic E-state index is 0.311. The highest BCUT2D eigenvalue weighted by Gasteiger charge is 2.21. The van der Waals surface area contributed by atoms with E-state index in [4.69, 9.17) is 0 Å². The Morgan fingerprint density at radius 2 is 1.88 bits per heavy atom. The Hall–Kier alpha value is -2.13. The third-order valence-corrected chi connectivity index (χ3v) is 5.87. The molecule has 1 fully saturated rings. The SMILES string of the molecule is O=C(CCC1CCN(Cc2ccccc2)CC1)c1ccc2c(c1)CCN2. The number of anilines is 1. The van der Waals surface area contributed by atoms with Crippen LogP contribution in [0.2, 0.25) is 0 Å². The van der Waals surface area contributed by atoms with E-state index in [1.54, 1.807) is 0 Å². The van der Waals surface area contributed by atoms with Gasteiger partial charge in [0.15, 0.2) is 5.78 Å². The molecule has 4 rings (SSSR count). The van der Waals surface area contributed by atoms with Crippen molar-refractivity contribution in [2.45, 2.75) is 38.6 Å². The number of carbonyl (C=O) groups excluding carboxylic acids is 1. The molecule has 0 atom stereocenters. The van der Waals surface area contributed by atoms with Gasteiger partial charge in [-0.15, -0.1) is 0 Å². The third-order valence-electron chi connectivity index (χ3n) is 5.87. The number of benzene rings is 2. The summed E-state index contributed by atoms with van der Waals surface area (Å²) in [6.45, 7) is 4.35. The van der Waals surface area contributed by atoms with Crippen molar-refractivity contribution >= 4 is 11.5 Å². The zero-order valence-corrected chi connectivity index (χ0v) is 15.4. The van der Waals surface area contributed by atoms with Crippen molar-refractivity contribution in [3.05, 3.63) is 65.2 Å². The summed E-state index contributed by atoms with van der Waals surface area (Å²) < 4.78 is 0. The lowest BCUT2D eigenvalue weighted by atomic mass is 9.90. The highest BCUT2D eigenvalue weighted by atomic mass is 16.1. The molecule has 0 saturated carbocycles. The molecule has 136 valence electrons.